The molecule has 1 fully saturated rings. The Labute approximate surface area is 119 Å². The van der Waals surface area contributed by atoms with E-state index in [-0.39, 0.29) is 17.9 Å². The van der Waals surface area contributed by atoms with Gasteiger partial charge in [0.1, 0.15) is 5.82 Å². The number of fused-ring (bicyclic) bond motifs is 2. The van der Waals surface area contributed by atoms with Crippen LogP contribution in [0.4, 0.5) is 10.1 Å². The highest BCUT2D eigenvalue weighted by molar-refractivity contribution is 6.08. The number of anilines is 1. The smallest absolute Gasteiger partial charge is 0.239 e. The summed E-state index contributed by atoms with van der Waals surface area (Å²) in [5.41, 5.74) is 1.39. The van der Waals surface area contributed by atoms with Crippen LogP contribution >= 0.6 is 0 Å². The van der Waals surface area contributed by atoms with Crippen LogP contribution in [0, 0.1) is 5.82 Å². The van der Waals surface area contributed by atoms with Crippen LogP contribution in [0.1, 0.15) is 38.2 Å². The van der Waals surface area contributed by atoms with Gasteiger partial charge in [-0.05, 0) is 51.6 Å². The molecule has 1 aliphatic heterocycles. The maximum atomic E-state index is 13.7. The molecule has 20 heavy (non-hydrogen) atoms. The summed E-state index contributed by atoms with van der Waals surface area (Å²) in [5.74, 6) is -0.126. The second-order valence-electron chi connectivity index (χ2n) is 6.22. The summed E-state index contributed by atoms with van der Waals surface area (Å²) >= 11 is 0. The number of nitrogens with zero attached hydrogens (tertiary/aromatic N) is 2. The summed E-state index contributed by atoms with van der Waals surface area (Å²) in [4.78, 5) is 16.8. The number of carbonyl (C=O) groups is 1. The van der Waals surface area contributed by atoms with E-state index in [0.717, 1.165) is 36.9 Å². The Balaban J connectivity index is 2.15. The van der Waals surface area contributed by atoms with Crippen LogP contribution in [0.15, 0.2) is 18.2 Å². The zero-order chi connectivity index (χ0) is 14.5. The van der Waals surface area contributed by atoms with Gasteiger partial charge in [-0.1, -0.05) is 18.9 Å². The lowest BCUT2D eigenvalue weighted by Crippen LogP contribution is -2.48. The van der Waals surface area contributed by atoms with Crippen molar-refractivity contribution in [1.29, 1.82) is 0 Å². The highest BCUT2D eigenvalue weighted by Crippen LogP contribution is 2.52. The van der Waals surface area contributed by atoms with E-state index in [1.54, 1.807) is 4.90 Å². The first-order valence-electron chi connectivity index (χ1n) is 7.27. The summed E-state index contributed by atoms with van der Waals surface area (Å²) in [7, 11) is 3.88. The first kappa shape index (κ1) is 13.6. The Morgan fingerprint density at radius 2 is 1.95 bits per heavy atom. The minimum absolute atomic E-state index is 0.0666. The Hall–Kier alpha value is -1.42. The lowest BCUT2D eigenvalue weighted by Gasteiger charge is -2.32. The zero-order valence-electron chi connectivity index (χ0n) is 12.3. The molecule has 4 heteroatoms. The van der Waals surface area contributed by atoms with E-state index in [1.165, 1.54) is 12.1 Å². The van der Waals surface area contributed by atoms with Crippen LogP contribution < -0.4 is 4.90 Å². The molecule has 1 atom stereocenters. The number of halogens is 1. The molecular weight excluding hydrogens is 255 g/mol. The molecule has 0 aromatic heterocycles. The number of hydrogen-bond donors (Lipinski definition) is 0. The van der Waals surface area contributed by atoms with Gasteiger partial charge in [-0.2, -0.15) is 0 Å². The van der Waals surface area contributed by atoms with Gasteiger partial charge in [0.15, 0.2) is 0 Å². The Morgan fingerprint density at radius 3 is 2.55 bits per heavy atom. The third kappa shape index (κ3) is 1.71. The molecule has 1 saturated carbocycles. The maximum absolute atomic E-state index is 13.7. The van der Waals surface area contributed by atoms with Crippen LogP contribution in [-0.2, 0) is 10.2 Å². The van der Waals surface area contributed by atoms with Crippen molar-refractivity contribution in [2.24, 2.45) is 0 Å². The van der Waals surface area contributed by atoms with E-state index in [0.29, 0.717) is 0 Å². The Bertz CT molecular complexity index is 549. The van der Waals surface area contributed by atoms with Crippen LogP contribution in [0.5, 0.6) is 0 Å². The zero-order valence-corrected chi connectivity index (χ0v) is 12.3. The molecule has 0 bridgehead atoms. The molecule has 1 heterocycles. The SMILES string of the molecule is CC(N(C)C)N1C(=O)C2(CCCC2)c2ccc(F)cc21. The molecule has 3 nitrogen and oxygen atoms in total. The van der Waals surface area contributed by atoms with Gasteiger partial charge < -0.3 is 0 Å². The number of amides is 1. The summed E-state index contributed by atoms with van der Waals surface area (Å²) in [5, 5.41) is 0. The number of carbonyl (C=O) groups excluding carboxylic acids is 1. The molecule has 1 aromatic rings. The van der Waals surface area contributed by atoms with Gasteiger partial charge in [-0.15, -0.1) is 0 Å². The van der Waals surface area contributed by atoms with Gasteiger partial charge in [0.2, 0.25) is 5.91 Å². The van der Waals surface area contributed by atoms with Crippen molar-refractivity contribution in [3.05, 3.63) is 29.6 Å². The Kier molecular flexibility index (Phi) is 3.09. The highest BCUT2D eigenvalue weighted by Gasteiger charge is 2.53. The van der Waals surface area contributed by atoms with Crippen molar-refractivity contribution in [2.75, 3.05) is 19.0 Å². The quantitative estimate of drug-likeness (QED) is 0.829. The van der Waals surface area contributed by atoms with Gasteiger partial charge >= 0.3 is 0 Å². The van der Waals surface area contributed by atoms with E-state index >= 15 is 0 Å². The molecule has 108 valence electrons. The van der Waals surface area contributed by atoms with Crippen LogP contribution in [0.3, 0.4) is 0 Å². The average molecular weight is 276 g/mol. The topological polar surface area (TPSA) is 23.6 Å². The van der Waals surface area contributed by atoms with E-state index in [1.807, 2.05) is 32.0 Å². The lowest BCUT2D eigenvalue weighted by atomic mass is 9.80. The molecule has 1 amide bonds. The minimum atomic E-state index is -0.396. The van der Waals surface area contributed by atoms with Gasteiger partial charge in [0.05, 0.1) is 17.3 Å². The van der Waals surface area contributed by atoms with Crippen molar-refractivity contribution in [3.8, 4) is 0 Å². The molecule has 3 rings (SSSR count). The van der Waals surface area contributed by atoms with E-state index in [4.69, 9.17) is 0 Å². The van der Waals surface area contributed by atoms with Crippen molar-refractivity contribution in [2.45, 2.75) is 44.2 Å². The largest absolute Gasteiger partial charge is 0.295 e. The van der Waals surface area contributed by atoms with Crippen LogP contribution in [-0.4, -0.2) is 31.1 Å². The predicted octanol–water partition coefficient (Wildman–Crippen LogP) is 2.89. The molecule has 0 N–H and O–H groups in total. The van der Waals surface area contributed by atoms with E-state index in [9.17, 15) is 9.18 Å². The number of benzene rings is 1. The minimum Gasteiger partial charge on any atom is -0.295 e. The standard InChI is InChI=1S/C16H21FN2O/c1-11(18(2)3)19-14-10-12(17)6-7-13(14)16(15(19)20)8-4-5-9-16/h6-7,10-11H,4-5,8-9H2,1-3H3. The normalized spacial score (nSPS) is 21.9. The second-order valence-corrected chi connectivity index (χ2v) is 6.22. The summed E-state index contributed by atoms with van der Waals surface area (Å²) in [6.07, 6.45) is 3.87. The van der Waals surface area contributed by atoms with Crippen LogP contribution in [0.2, 0.25) is 0 Å². The van der Waals surface area contributed by atoms with Crippen molar-refractivity contribution >= 4 is 11.6 Å². The average Bonchev–Trinajstić information content (AvgIpc) is 2.96. The number of hydrogen-bond acceptors (Lipinski definition) is 2. The number of rotatable bonds is 2. The van der Waals surface area contributed by atoms with Crippen molar-refractivity contribution < 1.29 is 9.18 Å². The fraction of sp³-hybridized carbons (Fsp3) is 0.562. The lowest BCUT2D eigenvalue weighted by molar-refractivity contribution is -0.124. The van der Waals surface area contributed by atoms with E-state index < -0.39 is 5.41 Å². The molecule has 1 unspecified atom stereocenters. The van der Waals surface area contributed by atoms with Gasteiger partial charge in [0.25, 0.3) is 0 Å². The first-order valence-corrected chi connectivity index (χ1v) is 7.27. The first-order chi connectivity index (χ1) is 9.47. The molecule has 1 aliphatic carbocycles. The second kappa shape index (κ2) is 4.55. The summed E-state index contributed by atoms with van der Waals surface area (Å²) < 4.78 is 13.7. The molecule has 2 aliphatic rings. The van der Waals surface area contributed by atoms with Gasteiger partial charge in [-0.3, -0.25) is 14.6 Å². The third-order valence-electron chi connectivity index (χ3n) is 4.94. The van der Waals surface area contributed by atoms with Crippen LogP contribution in [0.25, 0.3) is 0 Å². The van der Waals surface area contributed by atoms with Gasteiger partial charge in [-0.25, -0.2) is 4.39 Å². The molecular formula is C16H21FN2O. The monoisotopic (exact) mass is 276 g/mol. The molecule has 1 aromatic carbocycles. The molecule has 1 spiro atoms. The Morgan fingerprint density at radius 1 is 1.30 bits per heavy atom. The van der Waals surface area contributed by atoms with Crippen molar-refractivity contribution in [1.82, 2.24) is 4.90 Å². The fourth-order valence-electron chi connectivity index (χ4n) is 3.63. The summed E-state index contributed by atoms with van der Waals surface area (Å²) in [6, 6.07) is 4.81. The van der Waals surface area contributed by atoms with E-state index in [2.05, 4.69) is 0 Å². The van der Waals surface area contributed by atoms with Gasteiger partial charge in [0, 0.05) is 0 Å². The van der Waals surface area contributed by atoms with Crippen molar-refractivity contribution in [3.63, 3.8) is 0 Å². The highest BCUT2D eigenvalue weighted by atomic mass is 19.1. The summed E-state index contributed by atoms with van der Waals surface area (Å²) in [6.45, 7) is 1.99. The molecule has 0 radical (unpaired) electrons. The predicted molar refractivity (Wildman–Crippen MR) is 77.2 cm³/mol. The molecule has 0 saturated heterocycles. The third-order valence-corrected chi connectivity index (χ3v) is 4.94. The maximum Gasteiger partial charge on any atom is 0.239 e. The fourth-order valence-corrected chi connectivity index (χ4v) is 3.63.